The van der Waals surface area contributed by atoms with E-state index in [0.29, 0.717) is 0 Å². The average molecular weight is 207 g/mol. The highest BCUT2D eigenvalue weighted by Crippen LogP contribution is 2.07. The minimum absolute atomic E-state index is 0.102. The van der Waals surface area contributed by atoms with Crippen LogP contribution in [-0.2, 0) is 0 Å². The Kier molecular flexibility index (Phi) is 3.85. The van der Waals surface area contributed by atoms with E-state index in [1.165, 1.54) is 0 Å². The first-order valence-electron chi connectivity index (χ1n) is 2.80. The zero-order valence-corrected chi connectivity index (χ0v) is 6.47. The molecule has 0 saturated heterocycles. The van der Waals surface area contributed by atoms with Gasteiger partial charge in [-0.05, 0) is 4.92 Å². The lowest BCUT2D eigenvalue weighted by molar-refractivity contribution is -0.570. The van der Waals surface area contributed by atoms with Crippen molar-refractivity contribution >= 4 is 11.9 Å². The fraction of sp³-hybridized carbons (Fsp3) is 0. The van der Waals surface area contributed by atoms with Crippen molar-refractivity contribution < 1.29 is 15.2 Å². The molecule has 0 aromatic carbocycles. The normalized spacial score (nSPS) is 8.71. The summed E-state index contributed by atoms with van der Waals surface area (Å²) in [4.78, 5) is 22.0. The zero-order valence-electron chi connectivity index (χ0n) is 6.47. The molecule has 12 nitrogen and oxygen atoms in total. The van der Waals surface area contributed by atoms with Crippen LogP contribution in [0.1, 0.15) is 0 Å². The minimum Gasteiger partial charge on any atom is -0.390 e. The SMILES string of the molecule is NO.Nc1nc([N+](=O)[O-])n([N+](=O)[O-])n1. The quantitative estimate of drug-likeness (QED) is 0.368. The van der Waals surface area contributed by atoms with Crippen molar-refractivity contribution in [1.29, 1.82) is 0 Å². The van der Waals surface area contributed by atoms with E-state index in [-0.39, 0.29) is 4.79 Å². The van der Waals surface area contributed by atoms with Crippen LogP contribution in [0.15, 0.2) is 0 Å². The third-order valence-corrected chi connectivity index (χ3v) is 0.909. The van der Waals surface area contributed by atoms with Crippen molar-refractivity contribution in [2.24, 2.45) is 5.90 Å². The summed E-state index contributed by atoms with van der Waals surface area (Å²) in [7, 11) is 0. The largest absolute Gasteiger partial charge is 0.526 e. The highest BCUT2D eigenvalue weighted by molar-refractivity contribution is 5.19. The Morgan fingerprint density at radius 2 is 1.86 bits per heavy atom. The predicted molar refractivity (Wildman–Crippen MR) is 39.5 cm³/mol. The van der Waals surface area contributed by atoms with Gasteiger partial charge in [-0.25, -0.2) is 5.90 Å². The molecule has 12 heteroatoms. The summed E-state index contributed by atoms with van der Waals surface area (Å²) < 4.78 is 0. The first-order chi connectivity index (χ1) is 6.52. The minimum atomic E-state index is -1.10. The molecule has 0 aliphatic heterocycles. The van der Waals surface area contributed by atoms with Gasteiger partial charge >= 0.3 is 11.9 Å². The number of nitrogens with two attached hydrogens (primary N) is 2. The van der Waals surface area contributed by atoms with Gasteiger partial charge in [0, 0.05) is 4.98 Å². The van der Waals surface area contributed by atoms with Crippen molar-refractivity contribution in [1.82, 2.24) is 14.9 Å². The Bertz CT molecular complexity index is 312. The fourth-order valence-electron chi connectivity index (χ4n) is 0.535. The molecule has 1 heterocycles. The number of anilines is 1. The molecule has 14 heavy (non-hydrogen) atoms. The van der Waals surface area contributed by atoms with Crippen molar-refractivity contribution in [2.75, 3.05) is 5.73 Å². The van der Waals surface area contributed by atoms with Crippen LogP contribution < -0.4 is 11.6 Å². The Morgan fingerprint density at radius 1 is 1.36 bits per heavy atom. The molecule has 0 atom stereocenters. The van der Waals surface area contributed by atoms with Gasteiger partial charge in [-0.15, -0.1) is 0 Å². The summed E-state index contributed by atoms with van der Waals surface area (Å²) >= 11 is 0. The summed E-state index contributed by atoms with van der Waals surface area (Å²) in [6.45, 7) is 0. The van der Waals surface area contributed by atoms with Gasteiger partial charge in [0.05, 0.1) is 0 Å². The lowest BCUT2D eigenvalue weighted by Crippen LogP contribution is -2.13. The maximum absolute atomic E-state index is 10.1. The lowest BCUT2D eigenvalue weighted by Gasteiger charge is -1.88. The van der Waals surface area contributed by atoms with Crippen molar-refractivity contribution in [2.45, 2.75) is 0 Å². The number of rotatable bonds is 2. The molecule has 0 fully saturated rings. The van der Waals surface area contributed by atoms with Crippen LogP contribution in [0.2, 0.25) is 0 Å². The molecule has 0 spiro atoms. The lowest BCUT2D eigenvalue weighted by atomic mass is 11.0. The highest BCUT2D eigenvalue weighted by atomic mass is 16.7. The van der Waals surface area contributed by atoms with Crippen molar-refractivity contribution in [3.05, 3.63) is 20.2 Å². The van der Waals surface area contributed by atoms with E-state index in [1.807, 2.05) is 0 Å². The standard InChI is InChI=1S/C2H2N6O4.H3NO/c3-1-4-2(7(9)10)6(5-1)8(11)12;1-2/h(H2,3,5);2H,1H2. The topological polar surface area (TPSA) is 189 Å². The number of hydrogen-bond donors (Lipinski definition) is 3. The average Bonchev–Trinajstić information content (AvgIpc) is 2.51. The maximum Gasteiger partial charge on any atom is 0.526 e. The molecule has 1 aromatic heterocycles. The summed E-state index contributed by atoms with van der Waals surface area (Å²) in [6, 6.07) is 0. The highest BCUT2D eigenvalue weighted by Gasteiger charge is 2.30. The van der Waals surface area contributed by atoms with E-state index >= 15 is 0 Å². The molecule has 78 valence electrons. The first kappa shape index (κ1) is 11.7. The number of hydrogen-bond acceptors (Lipinski definition) is 9. The molecule has 0 amide bonds. The molecular formula is C2H5N7O5. The van der Waals surface area contributed by atoms with E-state index in [9.17, 15) is 20.2 Å². The van der Waals surface area contributed by atoms with Crippen LogP contribution in [0.25, 0.3) is 0 Å². The second-order valence-corrected chi connectivity index (χ2v) is 1.65. The number of nitrogens with zero attached hydrogens (tertiary/aromatic N) is 5. The van der Waals surface area contributed by atoms with Gasteiger partial charge in [0.1, 0.15) is 5.03 Å². The molecule has 0 aliphatic carbocycles. The van der Waals surface area contributed by atoms with E-state index in [2.05, 4.69) is 16.0 Å². The third kappa shape index (κ3) is 2.32. The van der Waals surface area contributed by atoms with Crippen LogP contribution in [-0.4, -0.2) is 30.0 Å². The molecule has 1 aromatic rings. The second-order valence-electron chi connectivity index (χ2n) is 1.65. The van der Waals surface area contributed by atoms with Gasteiger partial charge in [0.15, 0.2) is 9.89 Å². The molecule has 0 bridgehead atoms. The van der Waals surface area contributed by atoms with Gasteiger partial charge < -0.3 is 31.2 Å². The van der Waals surface area contributed by atoms with Gasteiger partial charge in [-0.2, -0.15) is 0 Å². The second kappa shape index (κ2) is 4.63. The van der Waals surface area contributed by atoms with E-state index < -0.39 is 21.9 Å². The monoisotopic (exact) mass is 207 g/mol. The van der Waals surface area contributed by atoms with Gasteiger partial charge in [-0.3, -0.25) is 0 Å². The molecule has 1 rings (SSSR count). The number of nitrogen functional groups attached to an aromatic ring is 1. The van der Waals surface area contributed by atoms with Crippen LogP contribution in [0.3, 0.4) is 0 Å². The summed E-state index contributed by atoms with van der Waals surface area (Å²) in [6.07, 6.45) is 0. The van der Waals surface area contributed by atoms with Gasteiger partial charge in [-0.1, -0.05) is 0 Å². The number of nitro groups is 2. The van der Waals surface area contributed by atoms with Gasteiger partial charge in [0.2, 0.25) is 0 Å². The first-order valence-corrected chi connectivity index (χ1v) is 2.80. The predicted octanol–water partition coefficient (Wildman–Crippen LogP) is -1.86. The molecule has 0 unspecified atom stereocenters. The molecule has 0 radical (unpaired) electrons. The Morgan fingerprint density at radius 3 is 2.14 bits per heavy atom. The van der Waals surface area contributed by atoms with E-state index in [0.717, 1.165) is 0 Å². The summed E-state index contributed by atoms with van der Waals surface area (Å²) in [5.41, 5.74) is 4.90. The molecule has 0 aliphatic rings. The Labute approximate surface area is 75.0 Å². The third-order valence-electron chi connectivity index (χ3n) is 0.909. The van der Waals surface area contributed by atoms with E-state index in [4.69, 9.17) is 10.9 Å². The smallest absolute Gasteiger partial charge is 0.390 e. The molecular weight excluding hydrogens is 202 g/mol. The molecule has 5 N–H and O–H groups in total. The molecule has 0 saturated carbocycles. The maximum atomic E-state index is 10.1. The van der Waals surface area contributed by atoms with Gasteiger partial charge in [0.25, 0.3) is 0 Å². The summed E-state index contributed by atoms with van der Waals surface area (Å²) in [5, 5.41) is 28.5. The fourth-order valence-corrected chi connectivity index (χ4v) is 0.535. The van der Waals surface area contributed by atoms with Crippen LogP contribution in [0.4, 0.5) is 11.9 Å². The van der Waals surface area contributed by atoms with Crippen molar-refractivity contribution in [3.63, 3.8) is 0 Å². The van der Waals surface area contributed by atoms with Crippen LogP contribution >= 0.6 is 0 Å². The van der Waals surface area contributed by atoms with Crippen LogP contribution in [0, 0.1) is 20.2 Å². The summed E-state index contributed by atoms with van der Waals surface area (Å²) in [5.74, 6) is 1.97. The van der Waals surface area contributed by atoms with E-state index in [1.54, 1.807) is 0 Å². The van der Waals surface area contributed by atoms with Crippen molar-refractivity contribution in [3.8, 4) is 0 Å². The zero-order chi connectivity index (χ0) is 11.3. The number of aromatic nitrogens is 3. The Balaban J connectivity index is 0.000000791. The Hall–Kier alpha value is -2.34. The van der Waals surface area contributed by atoms with Crippen LogP contribution in [0.5, 0.6) is 0 Å².